The van der Waals surface area contributed by atoms with Crippen molar-refractivity contribution in [2.75, 3.05) is 13.2 Å². The first-order valence-electron chi connectivity index (χ1n) is 32.7. The van der Waals surface area contributed by atoms with Crippen LogP contribution < -0.4 is 0 Å². The minimum absolute atomic E-state index is 0.100. The summed E-state index contributed by atoms with van der Waals surface area (Å²) < 4.78 is 16.9. The lowest BCUT2D eigenvalue weighted by Crippen LogP contribution is -2.30. The van der Waals surface area contributed by atoms with Crippen LogP contribution >= 0.6 is 0 Å². The Kier molecular flexibility index (Phi) is 62.3. The van der Waals surface area contributed by atoms with Gasteiger partial charge in [0, 0.05) is 19.3 Å². The summed E-state index contributed by atoms with van der Waals surface area (Å²) in [7, 11) is 0. The molecular weight excluding hydrogens is 973 g/mol. The second kappa shape index (κ2) is 66.1. The Hall–Kier alpha value is -4.45. The summed E-state index contributed by atoms with van der Waals surface area (Å²) in [5.41, 5.74) is 0. The molecule has 0 aromatic carbocycles. The van der Waals surface area contributed by atoms with E-state index in [1.165, 1.54) is 122 Å². The van der Waals surface area contributed by atoms with Gasteiger partial charge in [-0.15, -0.1) is 0 Å². The van der Waals surface area contributed by atoms with Gasteiger partial charge in [0.25, 0.3) is 0 Å². The van der Waals surface area contributed by atoms with E-state index >= 15 is 0 Å². The number of hydrogen-bond donors (Lipinski definition) is 0. The minimum atomic E-state index is -0.806. The van der Waals surface area contributed by atoms with Gasteiger partial charge in [0.2, 0.25) is 0 Å². The van der Waals surface area contributed by atoms with Gasteiger partial charge < -0.3 is 14.2 Å². The third-order valence-corrected chi connectivity index (χ3v) is 13.6. The Morgan fingerprint density at radius 3 is 0.848 bits per heavy atom. The van der Waals surface area contributed by atoms with Crippen LogP contribution in [0.25, 0.3) is 0 Å². The van der Waals surface area contributed by atoms with E-state index in [2.05, 4.69) is 154 Å². The average molecular weight is 1090 g/mol. The lowest BCUT2D eigenvalue weighted by Gasteiger charge is -2.18. The molecule has 0 N–H and O–H groups in total. The van der Waals surface area contributed by atoms with E-state index in [1.807, 2.05) is 0 Å². The topological polar surface area (TPSA) is 78.9 Å². The highest BCUT2D eigenvalue weighted by molar-refractivity contribution is 5.71. The molecule has 448 valence electrons. The van der Waals surface area contributed by atoms with Gasteiger partial charge in [0.15, 0.2) is 6.10 Å². The lowest BCUT2D eigenvalue weighted by molar-refractivity contribution is -0.167. The zero-order valence-electron chi connectivity index (χ0n) is 51.3. The third-order valence-electron chi connectivity index (χ3n) is 13.6. The molecule has 0 aromatic rings. The maximum absolute atomic E-state index is 12.9. The van der Waals surface area contributed by atoms with E-state index in [-0.39, 0.29) is 31.1 Å². The zero-order chi connectivity index (χ0) is 57.1. The number of carbonyl (C=O) groups excluding carboxylic acids is 3. The molecule has 0 aliphatic heterocycles. The van der Waals surface area contributed by atoms with Crippen molar-refractivity contribution in [3.63, 3.8) is 0 Å². The largest absolute Gasteiger partial charge is 0.462 e. The first kappa shape index (κ1) is 74.5. The average Bonchev–Trinajstić information content (AvgIpc) is 3.45. The Balaban J connectivity index is 4.39. The van der Waals surface area contributed by atoms with Crippen LogP contribution in [-0.4, -0.2) is 37.2 Å². The van der Waals surface area contributed by atoms with Crippen molar-refractivity contribution in [1.82, 2.24) is 0 Å². The van der Waals surface area contributed by atoms with Gasteiger partial charge in [-0.2, -0.15) is 0 Å². The second-order valence-corrected chi connectivity index (χ2v) is 21.3. The van der Waals surface area contributed by atoms with E-state index in [1.54, 1.807) is 0 Å². The van der Waals surface area contributed by atoms with E-state index < -0.39 is 6.10 Å². The molecule has 0 heterocycles. The maximum Gasteiger partial charge on any atom is 0.306 e. The lowest BCUT2D eigenvalue weighted by atomic mass is 10.0. The van der Waals surface area contributed by atoms with Gasteiger partial charge in [-0.1, -0.05) is 270 Å². The van der Waals surface area contributed by atoms with Crippen molar-refractivity contribution in [3.8, 4) is 0 Å². The van der Waals surface area contributed by atoms with Crippen molar-refractivity contribution in [2.45, 2.75) is 297 Å². The second-order valence-electron chi connectivity index (χ2n) is 21.3. The number of hydrogen-bond acceptors (Lipinski definition) is 6. The van der Waals surface area contributed by atoms with Crippen molar-refractivity contribution in [3.05, 3.63) is 134 Å². The Labute approximate surface area is 487 Å². The molecule has 1 atom stereocenters. The molecule has 0 saturated heterocycles. The fourth-order valence-corrected chi connectivity index (χ4v) is 8.70. The molecule has 0 fully saturated rings. The summed E-state index contributed by atoms with van der Waals surface area (Å²) in [5, 5.41) is 0. The number of unbranched alkanes of at least 4 members (excludes halogenated alkanes) is 25. The molecule has 6 nitrogen and oxygen atoms in total. The van der Waals surface area contributed by atoms with Crippen molar-refractivity contribution in [2.24, 2.45) is 0 Å². The van der Waals surface area contributed by atoms with Crippen LogP contribution in [0.5, 0.6) is 0 Å². The number of allylic oxidation sites excluding steroid dienone is 22. The van der Waals surface area contributed by atoms with E-state index in [0.717, 1.165) is 122 Å². The van der Waals surface area contributed by atoms with Gasteiger partial charge in [0.05, 0.1) is 0 Å². The molecular formula is C73H120O6. The van der Waals surface area contributed by atoms with Crippen molar-refractivity contribution in [1.29, 1.82) is 0 Å². The van der Waals surface area contributed by atoms with Gasteiger partial charge >= 0.3 is 17.9 Å². The van der Waals surface area contributed by atoms with Crippen LogP contribution in [0.4, 0.5) is 0 Å². The summed E-state index contributed by atoms with van der Waals surface area (Å²) in [5.74, 6) is -0.955. The van der Waals surface area contributed by atoms with Crippen LogP contribution in [0.2, 0.25) is 0 Å². The monoisotopic (exact) mass is 1090 g/mol. The van der Waals surface area contributed by atoms with Crippen molar-refractivity contribution >= 4 is 17.9 Å². The molecule has 0 saturated carbocycles. The highest BCUT2D eigenvalue weighted by atomic mass is 16.6. The molecule has 1 unspecified atom stereocenters. The molecule has 0 radical (unpaired) electrons. The quantitative estimate of drug-likeness (QED) is 0.0261. The smallest absolute Gasteiger partial charge is 0.306 e. The van der Waals surface area contributed by atoms with Crippen LogP contribution in [-0.2, 0) is 28.6 Å². The normalized spacial score (nSPS) is 13.0. The molecule has 79 heavy (non-hydrogen) atoms. The van der Waals surface area contributed by atoms with Gasteiger partial charge in [-0.3, -0.25) is 14.4 Å². The predicted molar refractivity (Wildman–Crippen MR) is 343 cm³/mol. The van der Waals surface area contributed by atoms with Gasteiger partial charge in [0.1, 0.15) is 13.2 Å². The van der Waals surface area contributed by atoms with E-state index in [4.69, 9.17) is 14.2 Å². The molecule has 0 aromatic heterocycles. The molecule has 6 heteroatoms. The number of rotatable bonds is 58. The van der Waals surface area contributed by atoms with Gasteiger partial charge in [-0.05, 0) is 135 Å². The Bertz CT molecular complexity index is 1680. The van der Waals surface area contributed by atoms with Crippen molar-refractivity contribution < 1.29 is 28.6 Å². The Morgan fingerprint density at radius 2 is 0.506 bits per heavy atom. The minimum Gasteiger partial charge on any atom is -0.462 e. The van der Waals surface area contributed by atoms with Crippen LogP contribution in [0.15, 0.2) is 134 Å². The van der Waals surface area contributed by atoms with Gasteiger partial charge in [-0.25, -0.2) is 0 Å². The van der Waals surface area contributed by atoms with Crippen LogP contribution in [0.1, 0.15) is 290 Å². The summed E-state index contributed by atoms with van der Waals surface area (Å²) in [6, 6.07) is 0. The first-order valence-corrected chi connectivity index (χ1v) is 32.7. The number of ether oxygens (including phenoxy) is 3. The predicted octanol–water partition coefficient (Wildman–Crippen LogP) is 22.5. The highest BCUT2D eigenvalue weighted by Gasteiger charge is 2.19. The number of esters is 3. The highest BCUT2D eigenvalue weighted by Crippen LogP contribution is 2.15. The molecule has 0 amide bonds. The first-order chi connectivity index (χ1) is 39.0. The fraction of sp³-hybridized carbons (Fsp3) is 0.658. The number of carbonyl (C=O) groups is 3. The molecule has 0 spiro atoms. The molecule has 0 aliphatic carbocycles. The Morgan fingerprint density at radius 1 is 0.266 bits per heavy atom. The third kappa shape index (κ3) is 64.3. The molecule has 0 aliphatic rings. The zero-order valence-corrected chi connectivity index (χ0v) is 51.3. The standard InChI is InChI=1S/C73H120O6/c1-4-7-10-13-16-19-22-24-26-28-30-32-34-35-36-37-39-40-42-44-46-48-51-54-57-60-63-66-72(75)78-69-70(68-77-71(74)65-62-59-56-53-50-21-18-15-12-9-6-3)79-73(76)67-64-61-58-55-52-49-47-45-43-41-38-33-31-29-27-25-23-20-17-14-11-8-5-2/h7,10,15-16,18-19,23-26,29-32,35-36,39-40,44,46,51,54,70H,4-6,8-9,11-14,17,20-22,27-28,33-34,37-38,41-43,45,47-50,52-53,55-69H2,1-3H3/b10-7-,18-15-,19-16-,25-23-,26-24-,31-29-,32-30-,36-35-,40-39-,46-44-,54-51-. The fourth-order valence-electron chi connectivity index (χ4n) is 8.70. The summed E-state index contributed by atoms with van der Waals surface area (Å²) in [4.78, 5) is 38.3. The summed E-state index contributed by atoms with van der Waals surface area (Å²) in [6.45, 7) is 6.44. The van der Waals surface area contributed by atoms with Crippen LogP contribution in [0.3, 0.4) is 0 Å². The van der Waals surface area contributed by atoms with E-state index in [9.17, 15) is 14.4 Å². The molecule has 0 rings (SSSR count). The summed E-state index contributed by atoms with van der Waals surface area (Å²) in [6.07, 6.45) is 93.2. The van der Waals surface area contributed by atoms with Crippen LogP contribution in [0, 0.1) is 0 Å². The maximum atomic E-state index is 12.9. The SMILES string of the molecule is CC/C=C\C/C=C\C/C=C\C/C=C\C/C=C\C/C=C\C/C=C\C/C=C\CCCCC(=O)OCC(COC(=O)CCCCCCC/C=C\CCCC)OC(=O)CCCCCCCCCCCCC/C=C\C/C=C\CCCCCCC. The summed E-state index contributed by atoms with van der Waals surface area (Å²) >= 11 is 0. The van der Waals surface area contributed by atoms with E-state index in [0.29, 0.717) is 25.7 Å². The molecule has 0 bridgehead atoms.